The van der Waals surface area contributed by atoms with Crippen LogP contribution in [0.2, 0.25) is 0 Å². The van der Waals surface area contributed by atoms with E-state index in [1.165, 1.54) is 18.3 Å². The first-order valence-corrected chi connectivity index (χ1v) is 11.8. The molecular weight excluding hydrogens is 459 g/mol. The van der Waals surface area contributed by atoms with Crippen molar-refractivity contribution < 1.29 is 18.7 Å². The molecule has 34 heavy (non-hydrogen) atoms. The molecule has 1 unspecified atom stereocenters. The van der Waals surface area contributed by atoms with Crippen LogP contribution >= 0.6 is 11.3 Å². The highest BCUT2D eigenvalue weighted by atomic mass is 32.1. The van der Waals surface area contributed by atoms with Gasteiger partial charge in [-0.15, -0.1) is 0 Å². The van der Waals surface area contributed by atoms with Gasteiger partial charge in [0.05, 0.1) is 25.2 Å². The molecule has 2 N–H and O–H groups in total. The number of amides is 3. The van der Waals surface area contributed by atoms with Crippen LogP contribution in [0, 0.1) is 5.82 Å². The molecule has 0 aliphatic heterocycles. The van der Waals surface area contributed by atoms with Gasteiger partial charge in [-0.3, -0.25) is 10.1 Å². The fourth-order valence-corrected chi connectivity index (χ4v) is 4.07. The lowest BCUT2D eigenvalue weighted by atomic mass is 10.1. The van der Waals surface area contributed by atoms with Crippen molar-refractivity contribution in [3.05, 3.63) is 65.4 Å². The first kappa shape index (κ1) is 25.3. The molecule has 3 amide bonds. The molecule has 9 nitrogen and oxygen atoms in total. The number of imidazole rings is 1. The molecule has 182 valence electrons. The van der Waals surface area contributed by atoms with Gasteiger partial charge in [0.15, 0.2) is 5.13 Å². The maximum atomic E-state index is 13.3. The Morgan fingerprint density at radius 3 is 2.76 bits per heavy atom. The highest BCUT2D eigenvalue weighted by Crippen LogP contribution is 2.20. The molecule has 0 saturated carbocycles. The van der Waals surface area contributed by atoms with Gasteiger partial charge >= 0.3 is 6.03 Å². The summed E-state index contributed by atoms with van der Waals surface area (Å²) in [6.07, 6.45) is 8.20. The van der Waals surface area contributed by atoms with Gasteiger partial charge in [0.1, 0.15) is 10.7 Å². The van der Waals surface area contributed by atoms with Crippen molar-refractivity contribution >= 4 is 28.4 Å². The summed E-state index contributed by atoms with van der Waals surface area (Å²) in [7, 11) is 1.58. The molecule has 1 atom stereocenters. The highest BCUT2D eigenvalue weighted by molar-refractivity contribution is 7.17. The summed E-state index contributed by atoms with van der Waals surface area (Å²) in [6.45, 7) is 3.87. The van der Waals surface area contributed by atoms with E-state index >= 15 is 0 Å². The number of rotatable bonds is 12. The van der Waals surface area contributed by atoms with Gasteiger partial charge < -0.3 is 19.5 Å². The number of ether oxygens (including phenoxy) is 1. The van der Waals surface area contributed by atoms with Gasteiger partial charge in [0.2, 0.25) is 0 Å². The number of urea groups is 1. The van der Waals surface area contributed by atoms with E-state index in [9.17, 15) is 14.0 Å². The Labute approximate surface area is 202 Å². The Morgan fingerprint density at radius 1 is 1.29 bits per heavy atom. The average molecular weight is 489 g/mol. The number of hydrogen-bond acceptors (Lipinski definition) is 6. The summed E-state index contributed by atoms with van der Waals surface area (Å²) < 4.78 is 20.5. The number of aryl methyl sites for hydroxylation is 1. The van der Waals surface area contributed by atoms with Crippen molar-refractivity contribution in [1.29, 1.82) is 0 Å². The lowest BCUT2D eigenvalue weighted by Crippen LogP contribution is -2.44. The summed E-state index contributed by atoms with van der Waals surface area (Å²) in [4.78, 5) is 35.7. The molecule has 0 radical (unpaired) electrons. The number of nitrogens with zero attached hydrogens (tertiary/aromatic N) is 4. The predicted molar refractivity (Wildman–Crippen MR) is 128 cm³/mol. The van der Waals surface area contributed by atoms with Crippen molar-refractivity contribution in [2.24, 2.45) is 0 Å². The van der Waals surface area contributed by atoms with Crippen LogP contribution in [0.25, 0.3) is 0 Å². The third-order valence-corrected chi connectivity index (χ3v) is 6.09. The number of anilines is 1. The van der Waals surface area contributed by atoms with Crippen LogP contribution in [0.5, 0.6) is 0 Å². The second-order valence-electron chi connectivity index (χ2n) is 7.64. The highest BCUT2D eigenvalue weighted by Gasteiger charge is 2.24. The van der Waals surface area contributed by atoms with Crippen molar-refractivity contribution in [3.8, 4) is 0 Å². The number of nitrogens with one attached hydrogen (secondary N) is 2. The molecule has 2 heterocycles. The number of thiazole rings is 1. The Kier molecular flexibility index (Phi) is 9.53. The molecule has 0 aliphatic carbocycles. The van der Waals surface area contributed by atoms with Gasteiger partial charge in [-0.25, -0.2) is 19.2 Å². The molecular formula is C23H29FN6O3S. The zero-order valence-corrected chi connectivity index (χ0v) is 20.1. The third kappa shape index (κ3) is 7.35. The van der Waals surface area contributed by atoms with E-state index in [0.29, 0.717) is 29.6 Å². The van der Waals surface area contributed by atoms with Crippen LogP contribution in [0.3, 0.4) is 0 Å². The first-order chi connectivity index (χ1) is 16.5. The second kappa shape index (κ2) is 12.8. The van der Waals surface area contributed by atoms with Crippen LogP contribution < -0.4 is 10.6 Å². The fourth-order valence-electron chi connectivity index (χ4n) is 3.34. The number of methoxy groups -OCH3 is 1. The minimum Gasteiger partial charge on any atom is -0.383 e. The molecule has 3 rings (SSSR count). The zero-order valence-electron chi connectivity index (χ0n) is 19.2. The van der Waals surface area contributed by atoms with E-state index in [0.717, 1.165) is 29.9 Å². The molecule has 0 fully saturated rings. The average Bonchev–Trinajstić information content (AvgIpc) is 3.52. The number of benzene rings is 1. The van der Waals surface area contributed by atoms with Crippen LogP contribution in [-0.4, -0.2) is 57.7 Å². The molecule has 2 aromatic heterocycles. The van der Waals surface area contributed by atoms with Crippen molar-refractivity contribution in [2.45, 2.75) is 38.9 Å². The summed E-state index contributed by atoms with van der Waals surface area (Å²) >= 11 is 1.11. The van der Waals surface area contributed by atoms with Crippen LogP contribution in [0.4, 0.5) is 14.3 Å². The van der Waals surface area contributed by atoms with Gasteiger partial charge in [0.25, 0.3) is 5.91 Å². The van der Waals surface area contributed by atoms with Gasteiger partial charge in [0, 0.05) is 39.1 Å². The zero-order chi connectivity index (χ0) is 24.3. The quantitative estimate of drug-likeness (QED) is 0.378. The van der Waals surface area contributed by atoms with Crippen molar-refractivity contribution in [2.75, 3.05) is 25.6 Å². The number of carbonyl (C=O) groups is 2. The predicted octanol–water partition coefficient (Wildman–Crippen LogP) is 3.76. The number of hydrogen-bond donors (Lipinski definition) is 2. The van der Waals surface area contributed by atoms with E-state index in [1.807, 2.05) is 17.7 Å². The van der Waals surface area contributed by atoms with Crippen molar-refractivity contribution in [3.63, 3.8) is 0 Å². The lowest BCUT2D eigenvalue weighted by molar-refractivity contribution is 0.0956. The Bertz CT molecular complexity index is 1040. The third-order valence-electron chi connectivity index (χ3n) is 5.18. The van der Waals surface area contributed by atoms with Crippen LogP contribution in [0.1, 0.15) is 35.0 Å². The molecule has 1 aromatic carbocycles. The minimum absolute atomic E-state index is 0.187. The summed E-state index contributed by atoms with van der Waals surface area (Å²) in [5, 5.41) is 5.97. The summed E-state index contributed by atoms with van der Waals surface area (Å²) in [5.41, 5.74) is 0.793. The number of halogens is 1. The fraction of sp³-hybridized carbons (Fsp3) is 0.391. The van der Waals surface area contributed by atoms with E-state index in [1.54, 1.807) is 36.7 Å². The standard InChI is InChI=1S/C23H29FN6O3S/c1-3-19(15-33-2)30(14-17-5-7-18(24)8-6-17)23(32)28-22-27-13-20(34-22)21(31)26-9-4-11-29-12-10-25-16-29/h5-8,10,12-13,16,19H,3-4,9,11,14-15H2,1-2H3,(H,26,31)(H,27,28,32). The largest absolute Gasteiger partial charge is 0.383 e. The maximum Gasteiger partial charge on any atom is 0.324 e. The molecule has 11 heteroatoms. The smallest absolute Gasteiger partial charge is 0.324 e. The number of carbonyl (C=O) groups excluding carboxylic acids is 2. The van der Waals surface area contributed by atoms with E-state index < -0.39 is 0 Å². The molecule has 0 bridgehead atoms. The van der Waals surface area contributed by atoms with Gasteiger partial charge in [-0.1, -0.05) is 30.4 Å². The van der Waals surface area contributed by atoms with E-state index in [-0.39, 0.29) is 30.3 Å². The first-order valence-electron chi connectivity index (χ1n) is 11.0. The lowest BCUT2D eigenvalue weighted by Gasteiger charge is -2.30. The topological polar surface area (TPSA) is 101 Å². The normalized spacial score (nSPS) is 11.7. The number of aromatic nitrogens is 3. The van der Waals surface area contributed by atoms with E-state index in [2.05, 4.69) is 20.6 Å². The van der Waals surface area contributed by atoms with E-state index in [4.69, 9.17) is 4.74 Å². The Balaban J connectivity index is 1.58. The molecule has 0 saturated heterocycles. The van der Waals surface area contributed by atoms with Crippen molar-refractivity contribution in [1.82, 2.24) is 24.8 Å². The maximum absolute atomic E-state index is 13.3. The van der Waals surface area contributed by atoms with Gasteiger partial charge in [-0.2, -0.15) is 0 Å². The van der Waals surface area contributed by atoms with Gasteiger partial charge in [-0.05, 0) is 30.5 Å². The Morgan fingerprint density at radius 2 is 2.09 bits per heavy atom. The molecule has 3 aromatic rings. The summed E-state index contributed by atoms with van der Waals surface area (Å²) in [6, 6.07) is 5.47. The molecule has 0 aliphatic rings. The molecule has 0 spiro atoms. The Hall–Kier alpha value is -3.31. The van der Waals surface area contributed by atoms with Crippen LogP contribution in [0.15, 0.2) is 49.2 Å². The van der Waals surface area contributed by atoms with Crippen LogP contribution in [-0.2, 0) is 17.8 Å². The SMILES string of the molecule is CCC(COC)N(Cc1ccc(F)cc1)C(=O)Nc1ncc(C(=O)NCCCn2ccnc2)s1. The monoisotopic (exact) mass is 488 g/mol. The second-order valence-corrected chi connectivity index (χ2v) is 8.67. The minimum atomic E-state index is -0.366. The summed E-state index contributed by atoms with van der Waals surface area (Å²) in [5.74, 6) is -0.573.